The topological polar surface area (TPSA) is 176 Å². The number of anilines is 1. The van der Waals surface area contributed by atoms with Crippen LogP contribution < -0.4 is 10.5 Å². The van der Waals surface area contributed by atoms with Crippen LogP contribution in [-0.2, 0) is 44.0 Å². The second kappa shape index (κ2) is 13.4. The summed E-state index contributed by atoms with van der Waals surface area (Å²) in [4.78, 5) is 35.8. The van der Waals surface area contributed by atoms with Crippen molar-refractivity contribution in [2.75, 3.05) is 39.4 Å². The number of rotatable bonds is 14. The Hall–Kier alpha value is -3.23. The summed E-state index contributed by atoms with van der Waals surface area (Å²) in [5.41, 5.74) is 6.97. The lowest BCUT2D eigenvalue weighted by Crippen LogP contribution is -2.13. The lowest BCUT2D eigenvalue weighted by Gasteiger charge is -2.18. The molecule has 0 unspecified atom stereocenters. The molecule has 14 nitrogen and oxygen atoms in total. The predicted octanol–water partition coefficient (Wildman–Crippen LogP) is 2.81. The van der Waals surface area contributed by atoms with Crippen molar-refractivity contribution in [3.05, 3.63) is 30.6 Å². The average molecular weight is 556 g/mol. The number of fused-ring (bicyclic) bond motifs is 1. The van der Waals surface area contributed by atoms with Crippen LogP contribution in [0.5, 0.6) is 5.75 Å². The monoisotopic (exact) mass is 555 g/mol. The van der Waals surface area contributed by atoms with Crippen LogP contribution in [0.3, 0.4) is 0 Å². The maximum Gasteiger partial charge on any atom is 0.361 e. The SMILES string of the molecule is COc1ccc(Sc2nc(N)nc3c2ncn3CCOCP(=O)(OCOC(C)=O)OCOC(C)=O)cc1. The van der Waals surface area contributed by atoms with Gasteiger partial charge in [-0.15, -0.1) is 0 Å². The Balaban J connectivity index is 1.63. The van der Waals surface area contributed by atoms with Crippen molar-refractivity contribution in [1.82, 2.24) is 19.5 Å². The molecular weight excluding hydrogens is 529 g/mol. The number of nitrogens with zero attached hydrogens (tertiary/aromatic N) is 4. The molecule has 0 saturated heterocycles. The van der Waals surface area contributed by atoms with Crippen LogP contribution in [0.25, 0.3) is 11.2 Å². The van der Waals surface area contributed by atoms with Gasteiger partial charge in [0.05, 0.1) is 20.0 Å². The molecule has 0 aliphatic heterocycles. The molecule has 0 bridgehead atoms. The third-order valence-corrected chi connectivity index (χ3v) is 6.95. The van der Waals surface area contributed by atoms with Crippen molar-refractivity contribution in [2.24, 2.45) is 0 Å². The number of carbonyl (C=O) groups excluding carboxylic acids is 2. The Morgan fingerprint density at radius 3 is 2.30 bits per heavy atom. The van der Waals surface area contributed by atoms with Crippen LogP contribution in [0, 0.1) is 0 Å². The normalized spacial score (nSPS) is 11.4. The Bertz CT molecular complexity index is 1250. The third-order valence-electron chi connectivity index (χ3n) is 4.47. The number of methoxy groups -OCH3 is 1. The summed E-state index contributed by atoms with van der Waals surface area (Å²) in [5, 5.41) is 0.578. The average Bonchev–Trinajstić information content (AvgIpc) is 3.24. The summed E-state index contributed by atoms with van der Waals surface area (Å²) in [7, 11) is -2.31. The molecule has 37 heavy (non-hydrogen) atoms. The molecule has 16 heteroatoms. The van der Waals surface area contributed by atoms with Crippen LogP contribution in [0.2, 0.25) is 0 Å². The van der Waals surface area contributed by atoms with Crippen molar-refractivity contribution < 1.29 is 42.1 Å². The number of nitrogens with two attached hydrogens (primary N) is 1. The molecule has 2 aromatic heterocycles. The van der Waals surface area contributed by atoms with Gasteiger partial charge in [0.1, 0.15) is 22.6 Å². The van der Waals surface area contributed by atoms with E-state index in [1.165, 1.54) is 11.8 Å². The van der Waals surface area contributed by atoms with Gasteiger partial charge in [0, 0.05) is 25.3 Å². The van der Waals surface area contributed by atoms with Crippen LogP contribution in [0.1, 0.15) is 13.8 Å². The first-order chi connectivity index (χ1) is 17.7. The Morgan fingerprint density at radius 2 is 1.70 bits per heavy atom. The molecule has 0 amide bonds. The van der Waals surface area contributed by atoms with E-state index in [0.717, 1.165) is 24.5 Å². The molecule has 200 valence electrons. The standard InChI is InChI=1S/C21H26N5O9PS/c1-14(27)32-11-34-36(29,35-12-33-15(2)28)13-31-9-8-26-10-23-18-19(26)24-21(22)25-20(18)37-17-6-4-16(30-3)5-7-17/h4-7,10H,8-9,11-13H2,1-3H3,(H2,22,24,25). The van der Waals surface area contributed by atoms with E-state index in [1.807, 2.05) is 24.3 Å². The summed E-state index contributed by atoms with van der Waals surface area (Å²) in [6.07, 6.45) is 1.08. The van der Waals surface area contributed by atoms with Gasteiger partial charge < -0.3 is 29.2 Å². The Labute approximate surface area is 216 Å². The predicted molar refractivity (Wildman–Crippen MR) is 131 cm³/mol. The molecule has 0 aliphatic carbocycles. The smallest absolute Gasteiger partial charge is 0.361 e. The maximum absolute atomic E-state index is 12.8. The van der Waals surface area contributed by atoms with Gasteiger partial charge in [-0.1, -0.05) is 11.8 Å². The lowest BCUT2D eigenvalue weighted by atomic mass is 10.3. The van der Waals surface area contributed by atoms with Gasteiger partial charge in [0.25, 0.3) is 0 Å². The van der Waals surface area contributed by atoms with Crippen LogP contribution in [0.15, 0.2) is 40.5 Å². The number of nitrogen functional groups attached to an aromatic ring is 1. The van der Waals surface area contributed by atoms with E-state index < -0.39 is 39.5 Å². The largest absolute Gasteiger partial charge is 0.497 e. The highest BCUT2D eigenvalue weighted by Crippen LogP contribution is 2.48. The molecule has 0 atom stereocenters. The second-order valence-corrected chi connectivity index (χ2v) is 10.2. The quantitative estimate of drug-likeness (QED) is 0.101. The van der Waals surface area contributed by atoms with E-state index in [2.05, 4.69) is 24.4 Å². The summed E-state index contributed by atoms with van der Waals surface area (Å²) in [6.45, 7) is 1.43. The number of esters is 2. The van der Waals surface area contributed by atoms with E-state index in [9.17, 15) is 14.2 Å². The van der Waals surface area contributed by atoms with Gasteiger partial charge >= 0.3 is 19.5 Å². The van der Waals surface area contributed by atoms with Gasteiger partial charge in [0.2, 0.25) is 19.5 Å². The first-order valence-electron chi connectivity index (χ1n) is 10.7. The zero-order valence-electron chi connectivity index (χ0n) is 20.3. The highest BCUT2D eigenvalue weighted by Gasteiger charge is 2.27. The fourth-order valence-corrected chi connectivity index (χ4v) is 4.63. The number of hydrogen-bond donors (Lipinski definition) is 1. The molecule has 0 fully saturated rings. The van der Waals surface area contributed by atoms with Crippen LogP contribution >= 0.6 is 19.4 Å². The zero-order chi connectivity index (χ0) is 26.8. The summed E-state index contributed by atoms with van der Waals surface area (Å²) >= 11 is 1.38. The number of aromatic nitrogens is 4. The van der Waals surface area contributed by atoms with E-state index in [0.29, 0.717) is 16.2 Å². The minimum Gasteiger partial charge on any atom is -0.497 e. The van der Waals surface area contributed by atoms with E-state index in [1.54, 1.807) is 18.0 Å². The van der Waals surface area contributed by atoms with Gasteiger partial charge in [0.15, 0.2) is 5.65 Å². The van der Waals surface area contributed by atoms with Crippen molar-refractivity contribution >= 4 is 48.4 Å². The van der Waals surface area contributed by atoms with Crippen molar-refractivity contribution in [3.8, 4) is 5.75 Å². The van der Waals surface area contributed by atoms with E-state index >= 15 is 0 Å². The van der Waals surface area contributed by atoms with E-state index in [-0.39, 0.29) is 19.1 Å². The van der Waals surface area contributed by atoms with E-state index in [4.69, 9.17) is 24.3 Å². The van der Waals surface area contributed by atoms with Crippen LogP contribution in [0.4, 0.5) is 5.95 Å². The molecule has 1 aromatic carbocycles. The lowest BCUT2D eigenvalue weighted by molar-refractivity contribution is -0.149. The maximum atomic E-state index is 12.8. The highest BCUT2D eigenvalue weighted by molar-refractivity contribution is 7.99. The molecule has 0 aliphatic rings. The third kappa shape index (κ3) is 8.68. The summed E-state index contributed by atoms with van der Waals surface area (Å²) < 4.78 is 44.5. The second-order valence-electron chi connectivity index (χ2n) is 7.19. The minimum atomic E-state index is -3.91. The van der Waals surface area contributed by atoms with Crippen LogP contribution in [-0.4, -0.2) is 65.1 Å². The number of benzene rings is 1. The highest BCUT2D eigenvalue weighted by atomic mass is 32.2. The van der Waals surface area contributed by atoms with Gasteiger partial charge in [-0.2, -0.15) is 4.98 Å². The molecule has 0 spiro atoms. The van der Waals surface area contributed by atoms with Gasteiger partial charge in [-0.25, -0.2) is 9.97 Å². The van der Waals surface area contributed by atoms with Crippen molar-refractivity contribution in [2.45, 2.75) is 30.3 Å². The van der Waals surface area contributed by atoms with Crippen molar-refractivity contribution in [1.29, 1.82) is 0 Å². The number of imidazole rings is 1. The minimum absolute atomic E-state index is 0.0637. The van der Waals surface area contributed by atoms with Crippen molar-refractivity contribution in [3.63, 3.8) is 0 Å². The molecule has 2 N–H and O–H groups in total. The molecule has 2 heterocycles. The first kappa shape index (κ1) is 28.3. The zero-order valence-corrected chi connectivity index (χ0v) is 22.0. The summed E-state index contributed by atoms with van der Waals surface area (Å²) in [5.74, 6) is -0.456. The Kier molecular flexibility index (Phi) is 10.2. The molecular formula is C21H26N5O9PS. The number of ether oxygens (including phenoxy) is 4. The fourth-order valence-electron chi connectivity index (χ4n) is 2.75. The molecule has 3 rings (SSSR count). The molecule has 0 saturated carbocycles. The number of carbonyl (C=O) groups is 2. The Morgan fingerprint density at radius 1 is 1.05 bits per heavy atom. The van der Waals surface area contributed by atoms with Gasteiger partial charge in [-0.05, 0) is 24.3 Å². The molecule has 0 radical (unpaired) electrons. The first-order valence-corrected chi connectivity index (χ1v) is 13.3. The summed E-state index contributed by atoms with van der Waals surface area (Å²) in [6, 6.07) is 7.46. The van der Waals surface area contributed by atoms with Gasteiger partial charge in [-0.3, -0.25) is 23.2 Å². The fraction of sp³-hybridized carbons (Fsp3) is 0.381. The number of hydrogen-bond acceptors (Lipinski definition) is 14. The molecule has 3 aromatic rings.